The van der Waals surface area contributed by atoms with Crippen LogP contribution in [0.2, 0.25) is 0 Å². The molecule has 0 amide bonds. The fourth-order valence-corrected chi connectivity index (χ4v) is 8.06. The number of anilines is 3. The predicted octanol–water partition coefficient (Wildman–Crippen LogP) is 12.6. The highest BCUT2D eigenvalue weighted by molar-refractivity contribution is 6.12. The lowest BCUT2D eigenvalue weighted by atomic mass is 9.81. The SMILES string of the molecule is Cc1ccc(N(c2ccc(C)c(C)c2)c2ccc3c(c2)C(C)(C)c2cc(-n4c5ccccc5c5ccccc54)c4ccccc4c2-3)cc1. The molecule has 1 aliphatic rings. The Morgan fingerprint density at radius 3 is 1.71 bits per heavy atom. The van der Waals surface area contributed by atoms with Crippen LogP contribution in [0.3, 0.4) is 0 Å². The molecule has 7 aromatic carbocycles. The van der Waals surface area contributed by atoms with Gasteiger partial charge in [0.1, 0.15) is 0 Å². The highest BCUT2D eigenvalue weighted by atomic mass is 15.1. The molecule has 0 N–H and O–H groups in total. The first-order valence-corrected chi connectivity index (χ1v) is 16.9. The van der Waals surface area contributed by atoms with E-state index in [1.165, 1.54) is 88.6 Å². The molecular formula is C46H38N2. The van der Waals surface area contributed by atoms with Gasteiger partial charge in [-0.15, -0.1) is 0 Å². The lowest BCUT2D eigenvalue weighted by Gasteiger charge is -2.28. The van der Waals surface area contributed by atoms with E-state index in [0.29, 0.717) is 0 Å². The summed E-state index contributed by atoms with van der Waals surface area (Å²) in [4.78, 5) is 2.41. The van der Waals surface area contributed by atoms with Gasteiger partial charge in [0, 0.05) is 38.6 Å². The minimum absolute atomic E-state index is 0.208. The van der Waals surface area contributed by atoms with Crippen molar-refractivity contribution in [3.8, 4) is 16.8 Å². The highest BCUT2D eigenvalue weighted by Crippen LogP contribution is 2.54. The van der Waals surface area contributed by atoms with E-state index in [-0.39, 0.29) is 5.41 Å². The van der Waals surface area contributed by atoms with Crippen molar-refractivity contribution >= 4 is 49.6 Å². The molecule has 0 fully saturated rings. The fraction of sp³-hybridized carbons (Fsp3) is 0.130. The molecule has 0 atom stereocenters. The third-order valence-electron chi connectivity index (χ3n) is 10.8. The van der Waals surface area contributed by atoms with Crippen molar-refractivity contribution in [3.63, 3.8) is 0 Å². The third-order valence-corrected chi connectivity index (χ3v) is 10.8. The van der Waals surface area contributed by atoms with Crippen molar-refractivity contribution < 1.29 is 0 Å². The van der Waals surface area contributed by atoms with Crippen LogP contribution in [-0.2, 0) is 5.41 Å². The number of hydrogen-bond acceptors (Lipinski definition) is 1. The van der Waals surface area contributed by atoms with E-state index in [1.54, 1.807) is 0 Å². The number of nitrogens with zero attached hydrogens (tertiary/aromatic N) is 2. The summed E-state index contributed by atoms with van der Waals surface area (Å²) in [5.74, 6) is 0. The second kappa shape index (κ2) is 10.5. The van der Waals surface area contributed by atoms with E-state index >= 15 is 0 Å². The lowest BCUT2D eigenvalue weighted by Crippen LogP contribution is -2.17. The molecule has 0 bridgehead atoms. The summed E-state index contributed by atoms with van der Waals surface area (Å²) in [5.41, 5.74) is 16.3. The van der Waals surface area contributed by atoms with E-state index in [2.05, 4.69) is 184 Å². The normalized spacial score (nSPS) is 13.3. The van der Waals surface area contributed by atoms with Crippen LogP contribution < -0.4 is 4.90 Å². The maximum atomic E-state index is 2.48. The van der Waals surface area contributed by atoms with Gasteiger partial charge in [-0.3, -0.25) is 0 Å². The van der Waals surface area contributed by atoms with Crippen molar-refractivity contribution in [2.24, 2.45) is 0 Å². The Morgan fingerprint density at radius 2 is 1.04 bits per heavy atom. The van der Waals surface area contributed by atoms with Crippen LogP contribution in [0.15, 0.2) is 140 Å². The van der Waals surface area contributed by atoms with Crippen molar-refractivity contribution in [2.75, 3.05) is 4.90 Å². The summed E-state index contributed by atoms with van der Waals surface area (Å²) in [6, 6.07) is 51.9. The molecule has 2 heteroatoms. The van der Waals surface area contributed by atoms with Gasteiger partial charge in [-0.1, -0.05) is 104 Å². The van der Waals surface area contributed by atoms with E-state index < -0.39 is 0 Å². The number of aryl methyl sites for hydroxylation is 3. The van der Waals surface area contributed by atoms with Crippen LogP contribution in [-0.4, -0.2) is 4.57 Å². The molecule has 1 aliphatic carbocycles. The minimum atomic E-state index is -0.208. The van der Waals surface area contributed by atoms with Gasteiger partial charge in [-0.2, -0.15) is 0 Å². The highest BCUT2D eigenvalue weighted by Gasteiger charge is 2.38. The minimum Gasteiger partial charge on any atom is -0.310 e. The first-order chi connectivity index (χ1) is 23.3. The van der Waals surface area contributed by atoms with E-state index in [9.17, 15) is 0 Å². The van der Waals surface area contributed by atoms with Crippen molar-refractivity contribution in [1.29, 1.82) is 0 Å². The first kappa shape index (κ1) is 28.6. The van der Waals surface area contributed by atoms with Gasteiger partial charge < -0.3 is 9.47 Å². The molecule has 0 radical (unpaired) electrons. The Bertz CT molecular complexity index is 2510. The second-order valence-electron chi connectivity index (χ2n) is 14.0. The van der Waals surface area contributed by atoms with Crippen LogP contribution in [0.1, 0.15) is 41.7 Å². The molecule has 0 saturated carbocycles. The first-order valence-electron chi connectivity index (χ1n) is 16.9. The van der Waals surface area contributed by atoms with Crippen molar-refractivity contribution in [2.45, 2.75) is 40.0 Å². The molecule has 48 heavy (non-hydrogen) atoms. The lowest BCUT2D eigenvalue weighted by molar-refractivity contribution is 0.660. The number of para-hydroxylation sites is 2. The third kappa shape index (κ3) is 4.12. The zero-order chi connectivity index (χ0) is 32.7. The molecule has 1 heterocycles. The van der Waals surface area contributed by atoms with Gasteiger partial charge in [0.25, 0.3) is 0 Å². The molecule has 0 saturated heterocycles. The molecule has 9 rings (SSSR count). The Labute approximate surface area is 282 Å². The van der Waals surface area contributed by atoms with Crippen LogP contribution >= 0.6 is 0 Å². The average Bonchev–Trinajstić information content (AvgIpc) is 3.55. The van der Waals surface area contributed by atoms with E-state index in [0.717, 1.165) is 5.69 Å². The summed E-state index contributed by atoms with van der Waals surface area (Å²) in [5, 5.41) is 5.14. The maximum Gasteiger partial charge on any atom is 0.0544 e. The van der Waals surface area contributed by atoms with Crippen LogP contribution in [0.4, 0.5) is 17.1 Å². The molecular weight excluding hydrogens is 581 g/mol. The predicted molar refractivity (Wildman–Crippen MR) is 205 cm³/mol. The average molecular weight is 619 g/mol. The molecule has 0 aliphatic heterocycles. The number of rotatable bonds is 4. The topological polar surface area (TPSA) is 8.17 Å². The summed E-state index contributed by atoms with van der Waals surface area (Å²) >= 11 is 0. The van der Waals surface area contributed by atoms with Gasteiger partial charge in [-0.05, 0) is 114 Å². The van der Waals surface area contributed by atoms with Gasteiger partial charge in [-0.25, -0.2) is 0 Å². The fourth-order valence-electron chi connectivity index (χ4n) is 8.06. The molecule has 0 unspecified atom stereocenters. The van der Waals surface area contributed by atoms with E-state index in [4.69, 9.17) is 0 Å². The standard InChI is InChI=1S/C46H38N2/c1-29-18-21-32(22-19-29)47(33-23-20-30(2)31(3)26-33)34-24-25-39-40(27-34)46(4,5)41-28-44(37-14-6-7-15-38(37)45(39)41)48-42-16-10-8-12-35(42)36-13-9-11-17-43(36)48/h6-28H,1-5H3. The van der Waals surface area contributed by atoms with Gasteiger partial charge in [0.05, 0.1) is 16.7 Å². The van der Waals surface area contributed by atoms with Crippen molar-refractivity contribution in [3.05, 3.63) is 167 Å². The maximum absolute atomic E-state index is 2.48. The molecule has 2 nitrogen and oxygen atoms in total. The number of fused-ring (bicyclic) bond motifs is 8. The zero-order valence-corrected chi connectivity index (χ0v) is 28.2. The van der Waals surface area contributed by atoms with Crippen LogP contribution in [0.5, 0.6) is 0 Å². The van der Waals surface area contributed by atoms with Gasteiger partial charge >= 0.3 is 0 Å². The Morgan fingerprint density at radius 1 is 0.479 bits per heavy atom. The van der Waals surface area contributed by atoms with Crippen LogP contribution in [0.25, 0.3) is 49.4 Å². The molecule has 1 aromatic heterocycles. The number of hydrogen-bond donors (Lipinski definition) is 0. The summed E-state index contributed by atoms with van der Waals surface area (Å²) in [6.07, 6.45) is 0. The van der Waals surface area contributed by atoms with Gasteiger partial charge in [0.15, 0.2) is 0 Å². The molecule has 8 aromatic rings. The monoisotopic (exact) mass is 618 g/mol. The largest absolute Gasteiger partial charge is 0.310 e. The summed E-state index contributed by atoms with van der Waals surface area (Å²) in [6.45, 7) is 11.3. The van der Waals surface area contributed by atoms with Gasteiger partial charge in [0.2, 0.25) is 0 Å². The zero-order valence-electron chi connectivity index (χ0n) is 28.2. The summed E-state index contributed by atoms with van der Waals surface area (Å²) < 4.78 is 2.48. The smallest absolute Gasteiger partial charge is 0.0544 e. The second-order valence-corrected chi connectivity index (χ2v) is 14.0. The van der Waals surface area contributed by atoms with E-state index in [1.807, 2.05) is 0 Å². The Balaban J connectivity index is 1.28. The molecule has 0 spiro atoms. The van der Waals surface area contributed by atoms with Crippen LogP contribution in [0, 0.1) is 20.8 Å². The Kier molecular flexibility index (Phi) is 6.23. The Hall–Kier alpha value is -5.60. The summed E-state index contributed by atoms with van der Waals surface area (Å²) in [7, 11) is 0. The number of aromatic nitrogens is 1. The molecule has 232 valence electrons. The van der Waals surface area contributed by atoms with Crippen molar-refractivity contribution in [1.82, 2.24) is 4.57 Å². The quantitative estimate of drug-likeness (QED) is 0.190. The number of benzene rings is 7.